The normalized spacial score (nSPS) is 9.00. The van der Waals surface area contributed by atoms with Gasteiger partial charge in [0.05, 0.1) is 17.7 Å². The number of halogens is 1. The molecule has 0 spiro atoms. The second kappa shape index (κ2) is 3.92. The molecule has 0 bridgehead atoms. The highest BCUT2D eigenvalue weighted by atomic mass is 35.5. The van der Waals surface area contributed by atoms with Crippen molar-refractivity contribution in [3.8, 4) is 11.8 Å². The zero-order valence-corrected chi connectivity index (χ0v) is 7.63. The summed E-state index contributed by atoms with van der Waals surface area (Å²) in [5.74, 6) is -0.0906. The molecule has 0 unspecified atom stereocenters. The molecule has 1 rings (SSSR count). The van der Waals surface area contributed by atoms with E-state index >= 15 is 0 Å². The van der Waals surface area contributed by atoms with Gasteiger partial charge >= 0.3 is 0 Å². The highest BCUT2D eigenvalue weighted by molar-refractivity contribution is 6.35. The molecule has 0 aliphatic heterocycles. The topological polar surface area (TPSA) is 50.1 Å². The fourth-order valence-electron chi connectivity index (χ4n) is 0.867. The number of carbonyl (C=O) groups excluding carboxylic acids is 1. The molecule has 0 saturated heterocycles. The van der Waals surface area contributed by atoms with E-state index < -0.39 is 5.78 Å². The number of ketones is 1. The second-order valence-electron chi connectivity index (χ2n) is 2.29. The van der Waals surface area contributed by atoms with E-state index in [1.54, 1.807) is 6.07 Å². The van der Waals surface area contributed by atoms with Crippen LogP contribution < -0.4 is 4.74 Å². The van der Waals surface area contributed by atoms with E-state index in [4.69, 9.17) is 21.6 Å². The van der Waals surface area contributed by atoms with Crippen molar-refractivity contribution >= 4 is 17.4 Å². The maximum absolute atomic E-state index is 10.9. The van der Waals surface area contributed by atoms with Crippen LogP contribution in [-0.2, 0) is 0 Å². The molecule has 13 heavy (non-hydrogen) atoms. The SMILES string of the molecule is COc1ccc(C(=O)C#N)c(Cl)c1. The molecule has 3 nitrogen and oxygen atoms in total. The van der Waals surface area contributed by atoms with Crippen molar-refractivity contribution in [2.24, 2.45) is 0 Å². The summed E-state index contributed by atoms with van der Waals surface area (Å²) in [4.78, 5) is 10.9. The standard InChI is InChI=1S/C9H6ClNO2/c1-13-6-2-3-7(8(10)4-6)9(12)5-11/h2-4H,1H3. The molecule has 0 aliphatic rings. The van der Waals surface area contributed by atoms with Gasteiger partial charge in [0.25, 0.3) is 5.78 Å². The zero-order valence-electron chi connectivity index (χ0n) is 6.87. The van der Waals surface area contributed by atoms with Crippen LogP contribution in [0.3, 0.4) is 0 Å². The lowest BCUT2D eigenvalue weighted by Crippen LogP contribution is -1.95. The van der Waals surface area contributed by atoms with Crippen molar-refractivity contribution in [3.05, 3.63) is 28.8 Å². The van der Waals surface area contributed by atoms with E-state index in [9.17, 15) is 4.79 Å². The lowest BCUT2D eigenvalue weighted by atomic mass is 10.1. The minimum absolute atomic E-state index is 0.199. The number of hydrogen-bond acceptors (Lipinski definition) is 3. The molecule has 1 aromatic rings. The average molecular weight is 196 g/mol. The van der Waals surface area contributed by atoms with Crippen LogP contribution in [0.1, 0.15) is 10.4 Å². The molecule has 0 fully saturated rings. The van der Waals surface area contributed by atoms with Gasteiger partial charge in [0.1, 0.15) is 11.8 Å². The van der Waals surface area contributed by atoms with E-state index in [0.29, 0.717) is 5.75 Å². The van der Waals surface area contributed by atoms with Crippen molar-refractivity contribution in [1.82, 2.24) is 0 Å². The first kappa shape index (κ1) is 9.56. The van der Waals surface area contributed by atoms with Gasteiger partial charge in [0, 0.05) is 0 Å². The van der Waals surface area contributed by atoms with E-state index in [0.717, 1.165) is 0 Å². The molecular formula is C9H6ClNO2. The Hall–Kier alpha value is -1.53. The Morgan fingerprint density at radius 1 is 1.62 bits per heavy atom. The maximum atomic E-state index is 10.9. The summed E-state index contributed by atoms with van der Waals surface area (Å²) in [6.45, 7) is 0. The third-order valence-electron chi connectivity index (χ3n) is 1.52. The van der Waals surface area contributed by atoms with E-state index in [2.05, 4.69) is 0 Å². The van der Waals surface area contributed by atoms with Gasteiger partial charge in [-0.15, -0.1) is 0 Å². The van der Waals surface area contributed by atoms with Crippen molar-refractivity contribution in [2.45, 2.75) is 0 Å². The van der Waals surface area contributed by atoms with Crippen LogP contribution in [0.5, 0.6) is 5.75 Å². The number of methoxy groups -OCH3 is 1. The van der Waals surface area contributed by atoms with Gasteiger partial charge in [0.2, 0.25) is 0 Å². The lowest BCUT2D eigenvalue weighted by Gasteiger charge is -2.01. The van der Waals surface area contributed by atoms with Crippen LogP contribution in [-0.4, -0.2) is 12.9 Å². The number of Topliss-reactive ketones (excluding diaryl/α,β-unsaturated/α-hetero) is 1. The number of nitriles is 1. The maximum Gasteiger partial charge on any atom is 0.263 e. The minimum atomic E-state index is -0.646. The number of ether oxygens (including phenoxy) is 1. The summed E-state index contributed by atoms with van der Waals surface area (Å²) in [6, 6.07) is 6.03. The zero-order chi connectivity index (χ0) is 9.84. The third-order valence-corrected chi connectivity index (χ3v) is 1.84. The van der Waals surface area contributed by atoms with E-state index in [1.165, 1.54) is 25.3 Å². The molecule has 0 saturated carbocycles. The Bertz CT molecular complexity index is 382. The predicted octanol–water partition coefficient (Wildman–Crippen LogP) is 2.05. The molecule has 0 aromatic heterocycles. The molecule has 0 heterocycles. The second-order valence-corrected chi connectivity index (χ2v) is 2.69. The van der Waals surface area contributed by atoms with Crippen LogP contribution >= 0.6 is 11.6 Å². The summed E-state index contributed by atoms with van der Waals surface area (Å²) in [7, 11) is 1.50. The van der Waals surface area contributed by atoms with Crippen LogP contribution in [0.4, 0.5) is 0 Å². The lowest BCUT2D eigenvalue weighted by molar-refractivity contribution is 0.105. The largest absolute Gasteiger partial charge is 0.497 e. The molecule has 0 radical (unpaired) electrons. The Labute approximate surface area is 80.5 Å². The van der Waals surface area contributed by atoms with Crippen LogP contribution in [0, 0.1) is 11.3 Å². The molecule has 0 atom stereocenters. The first-order chi connectivity index (χ1) is 6.19. The first-order valence-electron chi connectivity index (χ1n) is 3.47. The van der Waals surface area contributed by atoms with Gasteiger partial charge in [-0.2, -0.15) is 5.26 Å². The first-order valence-corrected chi connectivity index (χ1v) is 3.85. The van der Waals surface area contributed by atoms with Gasteiger partial charge in [-0.05, 0) is 18.2 Å². The summed E-state index contributed by atoms with van der Waals surface area (Å²) in [5, 5.41) is 8.58. The van der Waals surface area contributed by atoms with Crippen molar-refractivity contribution in [2.75, 3.05) is 7.11 Å². The third kappa shape index (κ3) is 1.98. The van der Waals surface area contributed by atoms with Gasteiger partial charge < -0.3 is 4.74 Å². The quantitative estimate of drug-likeness (QED) is 0.536. The van der Waals surface area contributed by atoms with E-state index in [-0.39, 0.29) is 10.6 Å². The van der Waals surface area contributed by atoms with E-state index in [1.807, 2.05) is 0 Å². The van der Waals surface area contributed by atoms with Gasteiger partial charge in [-0.3, -0.25) is 4.79 Å². The number of benzene rings is 1. The number of hydrogen-bond donors (Lipinski definition) is 0. The fourth-order valence-corrected chi connectivity index (χ4v) is 1.12. The monoisotopic (exact) mass is 195 g/mol. The molecule has 66 valence electrons. The Morgan fingerprint density at radius 2 is 2.31 bits per heavy atom. The number of rotatable bonds is 2. The molecule has 4 heteroatoms. The van der Waals surface area contributed by atoms with Gasteiger partial charge in [-0.1, -0.05) is 11.6 Å². The Balaban J connectivity index is 3.14. The van der Waals surface area contributed by atoms with Crippen LogP contribution in [0.25, 0.3) is 0 Å². The van der Waals surface area contributed by atoms with Crippen molar-refractivity contribution in [1.29, 1.82) is 5.26 Å². The van der Waals surface area contributed by atoms with Crippen molar-refractivity contribution in [3.63, 3.8) is 0 Å². The molecule has 0 amide bonds. The Morgan fingerprint density at radius 3 is 2.77 bits per heavy atom. The van der Waals surface area contributed by atoms with Gasteiger partial charge in [-0.25, -0.2) is 0 Å². The summed E-state index contributed by atoms with van der Waals surface area (Å²) < 4.78 is 4.88. The summed E-state index contributed by atoms with van der Waals surface area (Å²) in [6.07, 6.45) is 0. The molecular weight excluding hydrogens is 190 g/mol. The fraction of sp³-hybridized carbons (Fsp3) is 0.111. The van der Waals surface area contributed by atoms with Gasteiger partial charge in [0.15, 0.2) is 0 Å². The summed E-state index contributed by atoms with van der Waals surface area (Å²) >= 11 is 5.73. The average Bonchev–Trinajstić information content (AvgIpc) is 2.16. The Kier molecular flexibility index (Phi) is 2.88. The summed E-state index contributed by atoms with van der Waals surface area (Å²) in [5.41, 5.74) is 0.199. The highest BCUT2D eigenvalue weighted by Crippen LogP contribution is 2.22. The van der Waals surface area contributed by atoms with Crippen molar-refractivity contribution < 1.29 is 9.53 Å². The smallest absolute Gasteiger partial charge is 0.263 e. The number of nitrogens with zero attached hydrogens (tertiary/aromatic N) is 1. The molecule has 0 aliphatic carbocycles. The minimum Gasteiger partial charge on any atom is -0.497 e. The molecule has 1 aromatic carbocycles. The highest BCUT2D eigenvalue weighted by Gasteiger charge is 2.09. The van der Waals surface area contributed by atoms with Crippen LogP contribution in [0.15, 0.2) is 18.2 Å². The predicted molar refractivity (Wildman–Crippen MR) is 47.9 cm³/mol. The van der Waals surface area contributed by atoms with Crippen LogP contribution in [0.2, 0.25) is 5.02 Å². The molecule has 0 N–H and O–H groups in total. The number of carbonyl (C=O) groups is 1.